The first-order valence-electron chi connectivity index (χ1n) is 11.9. The fourth-order valence-corrected chi connectivity index (χ4v) is 4.31. The highest BCUT2D eigenvalue weighted by Crippen LogP contribution is 2.18. The van der Waals surface area contributed by atoms with Crippen LogP contribution in [0.2, 0.25) is 0 Å². The quantitative estimate of drug-likeness (QED) is 0.436. The summed E-state index contributed by atoms with van der Waals surface area (Å²) in [6.45, 7) is 8.63. The van der Waals surface area contributed by atoms with Crippen LogP contribution in [0.4, 0.5) is 0 Å². The van der Waals surface area contributed by atoms with Gasteiger partial charge in [-0.2, -0.15) is 0 Å². The zero-order valence-electron chi connectivity index (χ0n) is 21.2. The molecule has 0 radical (unpaired) electrons. The minimum absolute atomic E-state index is 0.0471. The van der Waals surface area contributed by atoms with E-state index in [4.69, 9.17) is 0 Å². The maximum atomic E-state index is 13.0. The van der Waals surface area contributed by atoms with Crippen molar-refractivity contribution < 1.29 is 23.1 Å². The molecule has 0 aliphatic rings. The van der Waals surface area contributed by atoms with Gasteiger partial charge < -0.3 is 15.7 Å². The Morgan fingerprint density at radius 2 is 1.69 bits per heavy atom. The predicted molar refractivity (Wildman–Crippen MR) is 138 cm³/mol. The van der Waals surface area contributed by atoms with E-state index < -0.39 is 33.8 Å². The number of amides is 2. The standard InChI is InChI=1S/C27H38N2O5S/c1-19(25(31)28-15-14-27(2,3)4)16-24(30)23(17-20-10-7-6-8-11-20)29-26(32)21-12-9-13-22(18-21)35(5,33)34/h6-13,18-19,23-24,30H,14-17H2,1-5H3,(H,28,31)(H,29,32)/t19?,23-,24?/m0/s1. The van der Waals surface area contributed by atoms with Crippen molar-refractivity contribution in [3.05, 3.63) is 65.7 Å². The molecule has 0 saturated carbocycles. The van der Waals surface area contributed by atoms with Crippen LogP contribution in [0.15, 0.2) is 59.5 Å². The van der Waals surface area contributed by atoms with Gasteiger partial charge in [0.2, 0.25) is 5.91 Å². The number of rotatable bonds is 11. The molecule has 3 N–H and O–H groups in total. The van der Waals surface area contributed by atoms with Crippen molar-refractivity contribution in [2.75, 3.05) is 12.8 Å². The molecule has 0 heterocycles. The number of aliphatic hydroxyl groups excluding tert-OH is 1. The summed E-state index contributed by atoms with van der Waals surface area (Å²) in [7, 11) is -3.47. The van der Waals surface area contributed by atoms with Gasteiger partial charge in [-0.15, -0.1) is 0 Å². The number of sulfone groups is 1. The highest BCUT2D eigenvalue weighted by atomic mass is 32.2. The number of hydrogen-bond acceptors (Lipinski definition) is 5. The molecular formula is C27H38N2O5S. The van der Waals surface area contributed by atoms with E-state index in [2.05, 4.69) is 31.4 Å². The van der Waals surface area contributed by atoms with Crippen LogP contribution in [0.3, 0.4) is 0 Å². The predicted octanol–water partition coefficient (Wildman–Crippen LogP) is 3.37. The Morgan fingerprint density at radius 3 is 2.29 bits per heavy atom. The molecule has 2 aromatic rings. The summed E-state index contributed by atoms with van der Waals surface area (Å²) in [6, 6.07) is 14.6. The molecule has 7 nitrogen and oxygen atoms in total. The molecule has 0 spiro atoms. The maximum Gasteiger partial charge on any atom is 0.251 e. The van der Waals surface area contributed by atoms with Crippen LogP contribution in [0, 0.1) is 11.3 Å². The van der Waals surface area contributed by atoms with E-state index in [0.717, 1.165) is 18.2 Å². The summed E-state index contributed by atoms with van der Waals surface area (Å²) in [5.41, 5.74) is 1.21. The number of benzene rings is 2. The van der Waals surface area contributed by atoms with Gasteiger partial charge in [0.25, 0.3) is 5.91 Å². The van der Waals surface area contributed by atoms with Crippen molar-refractivity contribution in [2.45, 2.75) is 64.0 Å². The first-order valence-corrected chi connectivity index (χ1v) is 13.8. The summed E-state index contributed by atoms with van der Waals surface area (Å²) in [5.74, 6) is -1.08. The Balaban J connectivity index is 2.13. The van der Waals surface area contributed by atoms with Gasteiger partial charge in [-0.25, -0.2) is 8.42 Å². The minimum atomic E-state index is -3.47. The topological polar surface area (TPSA) is 113 Å². The molecule has 0 saturated heterocycles. The lowest BCUT2D eigenvalue weighted by atomic mass is 9.91. The highest BCUT2D eigenvalue weighted by Gasteiger charge is 2.27. The fourth-order valence-electron chi connectivity index (χ4n) is 3.64. The van der Waals surface area contributed by atoms with Crippen molar-refractivity contribution >= 4 is 21.7 Å². The van der Waals surface area contributed by atoms with E-state index >= 15 is 0 Å². The monoisotopic (exact) mass is 502 g/mol. The molecule has 192 valence electrons. The van der Waals surface area contributed by atoms with Crippen LogP contribution in [0.25, 0.3) is 0 Å². The zero-order valence-corrected chi connectivity index (χ0v) is 22.1. The average molecular weight is 503 g/mol. The molecular weight excluding hydrogens is 464 g/mol. The summed E-state index contributed by atoms with van der Waals surface area (Å²) < 4.78 is 23.8. The number of carbonyl (C=O) groups is 2. The first kappa shape index (κ1) is 28.5. The third kappa shape index (κ3) is 9.82. The maximum absolute atomic E-state index is 13.0. The minimum Gasteiger partial charge on any atom is -0.391 e. The second kappa shape index (κ2) is 12.3. The number of aliphatic hydroxyl groups is 1. The average Bonchev–Trinajstić information content (AvgIpc) is 2.77. The van der Waals surface area contributed by atoms with Gasteiger partial charge in [-0.1, -0.05) is 64.1 Å². The highest BCUT2D eigenvalue weighted by molar-refractivity contribution is 7.90. The fraction of sp³-hybridized carbons (Fsp3) is 0.481. The second-order valence-electron chi connectivity index (χ2n) is 10.4. The lowest BCUT2D eigenvalue weighted by Crippen LogP contribution is -2.46. The van der Waals surface area contributed by atoms with Crippen LogP contribution in [0.5, 0.6) is 0 Å². The van der Waals surface area contributed by atoms with Crippen LogP contribution in [0.1, 0.15) is 56.5 Å². The lowest BCUT2D eigenvalue weighted by molar-refractivity contribution is -0.125. The molecule has 2 aromatic carbocycles. The van der Waals surface area contributed by atoms with Crippen molar-refractivity contribution in [2.24, 2.45) is 11.3 Å². The first-order chi connectivity index (χ1) is 16.3. The van der Waals surface area contributed by atoms with Crippen molar-refractivity contribution in [3.63, 3.8) is 0 Å². The summed E-state index contributed by atoms with van der Waals surface area (Å²) in [6.07, 6.45) is 1.47. The van der Waals surface area contributed by atoms with Gasteiger partial charge in [-0.05, 0) is 48.4 Å². The van der Waals surface area contributed by atoms with Crippen molar-refractivity contribution in [1.29, 1.82) is 0 Å². The van der Waals surface area contributed by atoms with E-state index in [0.29, 0.717) is 13.0 Å². The number of carbonyl (C=O) groups excluding carboxylic acids is 2. The van der Waals surface area contributed by atoms with Gasteiger partial charge in [0.05, 0.1) is 17.0 Å². The molecule has 0 aliphatic carbocycles. The van der Waals surface area contributed by atoms with Crippen molar-refractivity contribution in [3.8, 4) is 0 Å². The molecule has 2 unspecified atom stereocenters. The van der Waals surface area contributed by atoms with E-state index in [1.165, 1.54) is 24.3 Å². The van der Waals surface area contributed by atoms with Crippen LogP contribution >= 0.6 is 0 Å². The Bertz CT molecular complexity index is 1090. The molecule has 0 fully saturated rings. The van der Waals surface area contributed by atoms with Gasteiger partial charge in [0.1, 0.15) is 0 Å². The molecule has 0 bridgehead atoms. The van der Waals surface area contributed by atoms with Gasteiger partial charge in [0, 0.05) is 24.3 Å². The van der Waals surface area contributed by atoms with E-state index in [-0.39, 0.29) is 28.2 Å². The van der Waals surface area contributed by atoms with Crippen LogP contribution in [-0.4, -0.2) is 50.3 Å². The molecule has 3 atom stereocenters. The third-order valence-corrected chi connectivity index (χ3v) is 6.93. The summed E-state index contributed by atoms with van der Waals surface area (Å²) >= 11 is 0. The summed E-state index contributed by atoms with van der Waals surface area (Å²) in [4.78, 5) is 25.6. The molecule has 8 heteroatoms. The lowest BCUT2D eigenvalue weighted by Gasteiger charge is -2.27. The third-order valence-electron chi connectivity index (χ3n) is 5.82. The van der Waals surface area contributed by atoms with Gasteiger partial charge >= 0.3 is 0 Å². The summed E-state index contributed by atoms with van der Waals surface area (Å²) in [5, 5.41) is 16.8. The SMILES string of the molecule is CC(CC(O)[C@H](Cc1ccccc1)NC(=O)c1cccc(S(C)(=O)=O)c1)C(=O)NCCC(C)(C)C. The Labute approximate surface area is 209 Å². The smallest absolute Gasteiger partial charge is 0.251 e. The Morgan fingerprint density at radius 1 is 1.03 bits per heavy atom. The zero-order chi connectivity index (χ0) is 26.2. The molecule has 35 heavy (non-hydrogen) atoms. The molecule has 2 rings (SSSR count). The molecule has 0 aromatic heterocycles. The van der Waals surface area contributed by atoms with Crippen molar-refractivity contribution in [1.82, 2.24) is 10.6 Å². The Hall–Kier alpha value is -2.71. The van der Waals surface area contributed by atoms with Gasteiger partial charge in [-0.3, -0.25) is 9.59 Å². The van der Waals surface area contributed by atoms with Crippen LogP contribution < -0.4 is 10.6 Å². The largest absolute Gasteiger partial charge is 0.391 e. The molecule has 0 aliphatic heterocycles. The Kier molecular flexibility index (Phi) is 10.0. The molecule has 2 amide bonds. The van der Waals surface area contributed by atoms with E-state index in [1.54, 1.807) is 6.92 Å². The normalized spacial score (nSPS) is 14.6. The van der Waals surface area contributed by atoms with Gasteiger partial charge in [0.15, 0.2) is 9.84 Å². The number of nitrogens with one attached hydrogen (secondary N) is 2. The van der Waals surface area contributed by atoms with E-state index in [1.807, 2.05) is 30.3 Å². The number of hydrogen-bond donors (Lipinski definition) is 3. The van der Waals surface area contributed by atoms with Crippen LogP contribution in [-0.2, 0) is 21.1 Å². The second-order valence-corrected chi connectivity index (χ2v) is 12.4. The van der Waals surface area contributed by atoms with E-state index in [9.17, 15) is 23.1 Å².